The van der Waals surface area contributed by atoms with E-state index in [-0.39, 0.29) is 24.1 Å². The molecule has 39 heavy (non-hydrogen) atoms. The third kappa shape index (κ3) is 10.1. The predicted octanol–water partition coefficient (Wildman–Crippen LogP) is 9.38. The SMILES string of the molecule is CCCC(CC)Oc1cc(CCC(=O)c2ccccc2OC(CC)CCC)c(OC(CC)CCC)c(OC)c1. The molecule has 0 amide bonds. The molecule has 2 rings (SSSR count). The molecule has 0 radical (unpaired) electrons. The van der Waals surface area contributed by atoms with E-state index in [1.165, 1.54) is 0 Å². The molecule has 0 saturated carbocycles. The number of methoxy groups -OCH3 is 1. The Balaban J connectivity index is 2.37. The van der Waals surface area contributed by atoms with Crippen LogP contribution in [0.4, 0.5) is 0 Å². The maximum Gasteiger partial charge on any atom is 0.166 e. The van der Waals surface area contributed by atoms with Crippen LogP contribution in [-0.4, -0.2) is 31.2 Å². The lowest BCUT2D eigenvalue weighted by Crippen LogP contribution is -2.18. The van der Waals surface area contributed by atoms with Crippen molar-refractivity contribution in [2.75, 3.05) is 7.11 Å². The van der Waals surface area contributed by atoms with Gasteiger partial charge in [0.25, 0.3) is 0 Å². The molecule has 218 valence electrons. The van der Waals surface area contributed by atoms with Crippen LogP contribution in [0.25, 0.3) is 0 Å². The maximum atomic E-state index is 13.5. The quantitative estimate of drug-likeness (QED) is 0.157. The Labute approximate surface area is 237 Å². The van der Waals surface area contributed by atoms with Gasteiger partial charge >= 0.3 is 0 Å². The molecule has 2 aromatic rings. The van der Waals surface area contributed by atoms with Crippen LogP contribution in [0, 0.1) is 0 Å². The molecule has 2 aromatic carbocycles. The molecule has 0 aliphatic carbocycles. The Morgan fingerprint density at radius 3 is 1.85 bits per heavy atom. The summed E-state index contributed by atoms with van der Waals surface area (Å²) in [6.07, 6.45) is 10.0. The van der Waals surface area contributed by atoms with Gasteiger partial charge in [0.1, 0.15) is 11.5 Å². The normalized spacial score (nSPS) is 13.4. The van der Waals surface area contributed by atoms with Gasteiger partial charge in [-0.1, -0.05) is 72.9 Å². The summed E-state index contributed by atoms with van der Waals surface area (Å²) >= 11 is 0. The Hall–Kier alpha value is -2.69. The fraction of sp³-hybridized carbons (Fsp3) is 0.618. The van der Waals surface area contributed by atoms with E-state index in [0.29, 0.717) is 29.9 Å². The number of benzene rings is 2. The van der Waals surface area contributed by atoms with E-state index in [4.69, 9.17) is 18.9 Å². The molecule has 0 bridgehead atoms. The lowest BCUT2D eigenvalue weighted by atomic mass is 10.00. The second-order valence-corrected chi connectivity index (χ2v) is 10.3. The Morgan fingerprint density at radius 2 is 1.28 bits per heavy atom. The zero-order chi connectivity index (χ0) is 28.6. The molecule has 5 heteroatoms. The Morgan fingerprint density at radius 1 is 0.718 bits per heavy atom. The van der Waals surface area contributed by atoms with Crippen molar-refractivity contribution in [3.05, 3.63) is 47.5 Å². The van der Waals surface area contributed by atoms with Gasteiger partial charge in [-0.05, 0) is 63.1 Å². The second kappa shape index (κ2) is 17.8. The molecule has 0 aliphatic heterocycles. The molecule has 0 fully saturated rings. The zero-order valence-electron chi connectivity index (χ0n) is 25.5. The molecule has 0 saturated heterocycles. The Kier molecular flexibility index (Phi) is 14.9. The number of para-hydroxylation sites is 1. The average Bonchev–Trinajstić information content (AvgIpc) is 2.95. The number of rotatable bonds is 20. The summed E-state index contributed by atoms with van der Waals surface area (Å²) in [5.74, 6) is 2.88. The number of aryl methyl sites for hydroxylation is 1. The minimum absolute atomic E-state index is 0.0613. The van der Waals surface area contributed by atoms with E-state index in [2.05, 4.69) is 41.5 Å². The van der Waals surface area contributed by atoms with Gasteiger partial charge < -0.3 is 18.9 Å². The van der Waals surface area contributed by atoms with E-state index >= 15 is 0 Å². The monoisotopic (exact) mass is 540 g/mol. The van der Waals surface area contributed by atoms with Crippen molar-refractivity contribution in [2.45, 2.75) is 130 Å². The fourth-order valence-electron chi connectivity index (χ4n) is 4.90. The molecule has 0 aliphatic rings. The highest BCUT2D eigenvalue weighted by molar-refractivity contribution is 5.98. The van der Waals surface area contributed by atoms with Gasteiger partial charge in [-0.25, -0.2) is 0 Å². The zero-order valence-corrected chi connectivity index (χ0v) is 25.5. The third-order valence-corrected chi connectivity index (χ3v) is 7.21. The highest BCUT2D eigenvalue weighted by atomic mass is 16.5. The first kappa shape index (κ1) is 32.5. The molecule has 0 heterocycles. The van der Waals surface area contributed by atoms with Crippen molar-refractivity contribution in [2.24, 2.45) is 0 Å². The van der Waals surface area contributed by atoms with Gasteiger partial charge in [-0.3, -0.25) is 4.79 Å². The van der Waals surface area contributed by atoms with E-state index in [0.717, 1.165) is 74.8 Å². The second-order valence-electron chi connectivity index (χ2n) is 10.3. The summed E-state index contributed by atoms with van der Waals surface area (Å²) in [7, 11) is 1.67. The lowest BCUT2D eigenvalue weighted by Gasteiger charge is -2.24. The average molecular weight is 541 g/mol. The molecule has 3 unspecified atom stereocenters. The van der Waals surface area contributed by atoms with Gasteiger partial charge in [-0.15, -0.1) is 0 Å². The molecular formula is C34H52O5. The van der Waals surface area contributed by atoms with E-state index < -0.39 is 0 Å². The first-order chi connectivity index (χ1) is 18.9. The first-order valence-electron chi connectivity index (χ1n) is 15.3. The Bertz CT molecular complexity index is 986. The van der Waals surface area contributed by atoms with Crippen LogP contribution in [0.1, 0.15) is 122 Å². The number of carbonyl (C=O) groups excluding carboxylic acids is 1. The fourth-order valence-corrected chi connectivity index (χ4v) is 4.90. The summed E-state index contributed by atoms with van der Waals surface area (Å²) in [4.78, 5) is 13.5. The number of hydrogen-bond donors (Lipinski definition) is 0. The van der Waals surface area contributed by atoms with Crippen molar-refractivity contribution in [3.63, 3.8) is 0 Å². The molecule has 0 N–H and O–H groups in total. The van der Waals surface area contributed by atoms with Crippen LogP contribution in [0.15, 0.2) is 36.4 Å². The summed E-state index contributed by atoms with van der Waals surface area (Å²) in [6.45, 7) is 12.9. The minimum Gasteiger partial charge on any atom is -0.493 e. The molecule has 0 aromatic heterocycles. The first-order valence-corrected chi connectivity index (χ1v) is 15.3. The molecule has 5 nitrogen and oxygen atoms in total. The molecular weight excluding hydrogens is 488 g/mol. The number of ether oxygens (including phenoxy) is 4. The summed E-state index contributed by atoms with van der Waals surface area (Å²) in [6, 6.07) is 11.6. The van der Waals surface area contributed by atoms with Crippen LogP contribution in [0.3, 0.4) is 0 Å². The van der Waals surface area contributed by atoms with Gasteiger partial charge in [0.15, 0.2) is 17.3 Å². The summed E-state index contributed by atoms with van der Waals surface area (Å²) in [5.41, 5.74) is 1.58. The predicted molar refractivity (Wildman–Crippen MR) is 161 cm³/mol. The van der Waals surface area contributed by atoms with Gasteiger partial charge in [-0.2, -0.15) is 0 Å². The largest absolute Gasteiger partial charge is 0.493 e. The van der Waals surface area contributed by atoms with Crippen molar-refractivity contribution < 1.29 is 23.7 Å². The van der Waals surface area contributed by atoms with Crippen LogP contribution in [0.5, 0.6) is 23.0 Å². The van der Waals surface area contributed by atoms with Crippen molar-refractivity contribution in [3.8, 4) is 23.0 Å². The van der Waals surface area contributed by atoms with Gasteiger partial charge in [0.2, 0.25) is 0 Å². The topological polar surface area (TPSA) is 54.0 Å². The number of Topliss-reactive ketones (excluding diaryl/α,β-unsaturated/α-hetero) is 1. The molecule has 3 atom stereocenters. The van der Waals surface area contributed by atoms with Crippen molar-refractivity contribution in [1.29, 1.82) is 0 Å². The highest BCUT2D eigenvalue weighted by Crippen LogP contribution is 2.39. The van der Waals surface area contributed by atoms with Crippen LogP contribution in [-0.2, 0) is 6.42 Å². The van der Waals surface area contributed by atoms with Crippen molar-refractivity contribution >= 4 is 5.78 Å². The maximum absolute atomic E-state index is 13.5. The van der Waals surface area contributed by atoms with Gasteiger partial charge in [0, 0.05) is 18.1 Å². The van der Waals surface area contributed by atoms with Crippen LogP contribution >= 0.6 is 0 Å². The third-order valence-electron chi connectivity index (χ3n) is 7.21. The molecule has 0 spiro atoms. The van der Waals surface area contributed by atoms with Crippen LogP contribution < -0.4 is 18.9 Å². The van der Waals surface area contributed by atoms with Crippen LogP contribution in [0.2, 0.25) is 0 Å². The lowest BCUT2D eigenvalue weighted by molar-refractivity contribution is 0.0973. The van der Waals surface area contributed by atoms with E-state index in [1.54, 1.807) is 7.11 Å². The number of hydrogen-bond acceptors (Lipinski definition) is 5. The highest BCUT2D eigenvalue weighted by Gasteiger charge is 2.21. The van der Waals surface area contributed by atoms with Crippen molar-refractivity contribution in [1.82, 2.24) is 0 Å². The van der Waals surface area contributed by atoms with Gasteiger partial charge in [0.05, 0.1) is 31.0 Å². The van der Waals surface area contributed by atoms with E-state index in [1.807, 2.05) is 36.4 Å². The smallest absolute Gasteiger partial charge is 0.166 e. The summed E-state index contributed by atoms with van der Waals surface area (Å²) in [5, 5.41) is 0. The standard InChI is InChI=1S/C34H52O5/c1-8-16-26(11-4)37-29-23-25(34(33(24-29)36-7)39-28(13-6)18-10-3)21-22-31(35)30-19-14-15-20-32(30)38-27(12-5)17-9-2/h14-15,19-20,23-24,26-28H,8-13,16-18,21-22H2,1-7H3. The number of carbonyl (C=O) groups is 1. The van der Waals surface area contributed by atoms with E-state index in [9.17, 15) is 4.79 Å². The minimum atomic E-state index is 0.0613. The number of ketones is 1. The summed E-state index contributed by atoms with van der Waals surface area (Å²) < 4.78 is 25.0.